The predicted molar refractivity (Wildman–Crippen MR) is 115 cm³/mol. The van der Waals surface area contributed by atoms with E-state index in [0.717, 1.165) is 45.8 Å². The number of fused-ring (bicyclic) bond motifs is 4. The molecule has 2 aromatic carbocycles. The fourth-order valence-corrected chi connectivity index (χ4v) is 4.41. The number of aryl methyl sites for hydroxylation is 1. The zero-order valence-electron chi connectivity index (χ0n) is 16.4. The molecule has 5 heteroatoms. The average Bonchev–Trinajstić information content (AvgIpc) is 3.13. The first-order chi connectivity index (χ1) is 13.8. The number of morpholine rings is 1. The first kappa shape index (κ1) is 17.5. The van der Waals surface area contributed by atoms with Crippen molar-refractivity contribution >= 4 is 38.5 Å². The third kappa shape index (κ3) is 3.01. The van der Waals surface area contributed by atoms with Gasteiger partial charge in [-0.15, -0.1) is 0 Å². The molecule has 0 aliphatic carbocycles. The van der Waals surface area contributed by atoms with Crippen LogP contribution in [0.4, 0.5) is 5.69 Å². The maximum Gasteiger partial charge on any atom is 0.240 e. The van der Waals surface area contributed by atoms with Crippen molar-refractivity contribution in [3.8, 4) is 0 Å². The summed E-state index contributed by atoms with van der Waals surface area (Å²) in [7, 11) is 2.16. The minimum absolute atomic E-state index is 0.864. The van der Waals surface area contributed by atoms with Crippen molar-refractivity contribution in [1.82, 2.24) is 9.88 Å². The highest BCUT2D eigenvalue weighted by atomic mass is 16.5. The molecule has 144 valence electrons. The Balaban J connectivity index is 1.51. The van der Waals surface area contributed by atoms with Gasteiger partial charge in [0.05, 0.1) is 35.2 Å². The molecule has 0 unspecified atom stereocenters. The van der Waals surface area contributed by atoms with Crippen LogP contribution >= 0.6 is 0 Å². The number of aromatic nitrogens is 2. The maximum absolute atomic E-state index is 5.45. The van der Waals surface area contributed by atoms with Gasteiger partial charge in [0.1, 0.15) is 12.6 Å². The van der Waals surface area contributed by atoms with E-state index in [-0.39, 0.29) is 0 Å². The summed E-state index contributed by atoms with van der Waals surface area (Å²) in [5.41, 5.74) is 6.08. The summed E-state index contributed by atoms with van der Waals surface area (Å²) < 4.78 is 7.76. The molecule has 0 radical (unpaired) electrons. The van der Waals surface area contributed by atoms with E-state index >= 15 is 0 Å². The van der Waals surface area contributed by atoms with Gasteiger partial charge in [-0.25, -0.2) is 0 Å². The predicted octanol–water partition coefficient (Wildman–Crippen LogP) is 3.43. The number of hydrogen-bond acceptors (Lipinski definition) is 3. The number of rotatable bonds is 5. The topological polar surface area (TPSA) is 44.2 Å². The van der Waals surface area contributed by atoms with E-state index in [1.54, 1.807) is 0 Å². The lowest BCUT2D eigenvalue weighted by molar-refractivity contribution is -0.616. The van der Waals surface area contributed by atoms with Gasteiger partial charge in [0.2, 0.25) is 11.0 Å². The normalized spacial score (nSPS) is 15.6. The van der Waals surface area contributed by atoms with Crippen LogP contribution in [-0.2, 0) is 11.8 Å². The molecule has 2 N–H and O–H groups in total. The lowest BCUT2D eigenvalue weighted by Gasteiger charge is -2.26. The monoisotopic (exact) mass is 375 g/mol. The van der Waals surface area contributed by atoms with Crippen LogP contribution < -0.4 is 9.88 Å². The molecule has 5 rings (SSSR count). The Labute approximate surface area is 164 Å². The summed E-state index contributed by atoms with van der Waals surface area (Å²) in [4.78, 5) is 6.15. The number of para-hydroxylation sites is 2. The van der Waals surface area contributed by atoms with Crippen molar-refractivity contribution in [3.05, 3.63) is 48.5 Å². The third-order valence-corrected chi connectivity index (χ3v) is 5.86. The van der Waals surface area contributed by atoms with Crippen LogP contribution in [0, 0.1) is 0 Å². The van der Waals surface area contributed by atoms with Crippen LogP contribution in [-0.4, -0.2) is 49.3 Å². The number of nitrogens with zero attached hydrogens (tertiary/aromatic N) is 2. The lowest BCUT2D eigenvalue weighted by atomic mass is 10.1. The van der Waals surface area contributed by atoms with Gasteiger partial charge in [-0.2, -0.15) is 4.57 Å². The highest BCUT2D eigenvalue weighted by molar-refractivity contribution is 6.13. The average molecular weight is 375 g/mol. The molecule has 0 atom stereocenters. The molecular formula is C23H27N4O+. The van der Waals surface area contributed by atoms with E-state index in [2.05, 4.69) is 75.3 Å². The number of nitrogens with one attached hydrogen (secondary N) is 2. The smallest absolute Gasteiger partial charge is 0.240 e. The van der Waals surface area contributed by atoms with Crippen molar-refractivity contribution in [3.63, 3.8) is 0 Å². The SMILES string of the molecule is C[n+]1c2ccccc2c(NCCCN2CCOCC2)c2[nH]c3ccccc3c21. The van der Waals surface area contributed by atoms with E-state index in [1.165, 1.54) is 38.5 Å². The van der Waals surface area contributed by atoms with Crippen LogP contribution in [0.2, 0.25) is 0 Å². The molecular weight excluding hydrogens is 348 g/mol. The second-order valence-electron chi connectivity index (χ2n) is 7.58. The van der Waals surface area contributed by atoms with Crippen LogP contribution in [0.1, 0.15) is 6.42 Å². The summed E-state index contributed by atoms with van der Waals surface area (Å²) in [5.74, 6) is 0. The fraction of sp³-hybridized carbons (Fsp3) is 0.348. The van der Waals surface area contributed by atoms with Gasteiger partial charge in [0.15, 0.2) is 0 Å². The summed E-state index contributed by atoms with van der Waals surface area (Å²) in [6, 6.07) is 17.2. The van der Waals surface area contributed by atoms with Gasteiger partial charge >= 0.3 is 0 Å². The number of anilines is 1. The Kier molecular flexibility index (Phi) is 4.63. The van der Waals surface area contributed by atoms with E-state index < -0.39 is 0 Å². The Hall–Kier alpha value is -2.63. The largest absolute Gasteiger partial charge is 0.382 e. The molecule has 4 aromatic rings. The Morgan fingerprint density at radius 2 is 1.79 bits per heavy atom. The molecule has 1 fully saturated rings. The third-order valence-electron chi connectivity index (χ3n) is 5.86. The molecule has 1 aliphatic heterocycles. The highest BCUT2D eigenvalue weighted by Crippen LogP contribution is 2.33. The molecule has 3 heterocycles. The number of aromatic amines is 1. The summed E-state index contributed by atoms with van der Waals surface area (Å²) in [6.07, 6.45) is 1.12. The van der Waals surface area contributed by atoms with E-state index in [1.807, 2.05) is 0 Å². The van der Waals surface area contributed by atoms with Crippen LogP contribution in [0.25, 0.3) is 32.8 Å². The van der Waals surface area contributed by atoms with Crippen molar-refractivity contribution in [2.75, 3.05) is 44.7 Å². The minimum atomic E-state index is 0.864. The molecule has 0 saturated carbocycles. The molecule has 1 aliphatic rings. The second kappa shape index (κ2) is 7.41. The van der Waals surface area contributed by atoms with Crippen molar-refractivity contribution in [2.24, 2.45) is 7.05 Å². The minimum Gasteiger partial charge on any atom is -0.382 e. The summed E-state index contributed by atoms with van der Waals surface area (Å²) >= 11 is 0. The Morgan fingerprint density at radius 1 is 1.04 bits per heavy atom. The van der Waals surface area contributed by atoms with Crippen molar-refractivity contribution in [2.45, 2.75) is 6.42 Å². The van der Waals surface area contributed by atoms with Crippen LogP contribution in [0.15, 0.2) is 48.5 Å². The summed E-state index contributed by atoms with van der Waals surface area (Å²) in [5, 5.41) is 6.28. The number of hydrogen-bond donors (Lipinski definition) is 2. The zero-order chi connectivity index (χ0) is 18.9. The first-order valence-corrected chi connectivity index (χ1v) is 10.2. The number of ether oxygens (including phenoxy) is 1. The molecule has 28 heavy (non-hydrogen) atoms. The Morgan fingerprint density at radius 3 is 2.64 bits per heavy atom. The lowest BCUT2D eigenvalue weighted by Crippen LogP contribution is -2.37. The Bertz CT molecular complexity index is 1130. The molecule has 1 saturated heterocycles. The second-order valence-corrected chi connectivity index (χ2v) is 7.58. The standard InChI is InChI=1S/C23H26N4O/c1-26-20-10-5-3-8-18(20)21(24-11-6-12-27-13-15-28-16-14-27)22-23(26)17-7-2-4-9-19(17)25-22/h2-5,7-10H,6,11-16H2,1H3,(H,24,25)/p+1. The summed E-state index contributed by atoms with van der Waals surface area (Å²) in [6.45, 7) is 5.91. The van der Waals surface area contributed by atoms with Gasteiger partial charge in [0, 0.05) is 25.7 Å². The van der Waals surface area contributed by atoms with Gasteiger partial charge < -0.3 is 15.0 Å². The molecule has 0 bridgehead atoms. The number of H-pyrrole nitrogens is 1. The number of pyridine rings is 1. The van der Waals surface area contributed by atoms with Crippen LogP contribution in [0.3, 0.4) is 0 Å². The van der Waals surface area contributed by atoms with Gasteiger partial charge in [-0.3, -0.25) is 4.90 Å². The van der Waals surface area contributed by atoms with Gasteiger partial charge in [-0.1, -0.05) is 24.3 Å². The number of benzene rings is 2. The van der Waals surface area contributed by atoms with E-state index in [0.29, 0.717) is 0 Å². The molecule has 5 nitrogen and oxygen atoms in total. The van der Waals surface area contributed by atoms with Gasteiger partial charge in [0.25, 0.3) is 0 Å². The molecule has 2 aromatic heterocycles. The quantitative estimate of drug-likeness (QED) is 0.415. The fourth-order valence-electron chi connectivity index (χ4n) is 4.41. The van der Waals surface area contributed by atoms with E-state index in [4.69, 9.17) is 4.74 Å². The van der Waals surface area contributed by atoms with Crippen molar-refractivity contribution in [1.29, 1.82) is 0 Å². The van der Waals surface area contributed by atoms with E-state index in [9.17, 15) is 0 Å². The first-order valence-electron chi connectivity index (χ1n) is 10.2. The van der Waals surface area contributed by atoms with Crippen LogP contribution in [0.5, 0.6) is 0 Å². The molecule has 0 amide bonds. The molecule has 0 spiro atoms. The van der Waals surface area contributed by atoms with Gasteiger partial charge in [-0.05, 0) is 31.2 Å². The maximum atomic E-state index is 5.45. The highest BCUT2D eigenvalue weighted by Gasteiger charge is 2.22. The van der Waals surface area contributed by atoms with Crippen molar-refractivity contribution < 1.29 is 9.30 Å². The zero-order valence-corrected chi connectivity index (χ0v) is 16.4.